The van der Waals surface area contributed by atoms with Crippen LogP contribution in [0.4, 0.5) is 11.5 Å². The number of nitrogens with one attached hydrogen (secondary N) is 3. The molecule has 18 nitrogen and oxygen atoms in total. The van der Waals surface area contributed by atoms with Gasteiger partial charge in [-0.25, -0.2) is 15.0 Å². The first-order valence-electron chi connectivity index (χ1n) is 24.6. The molecular formula is C51H66ClN11O7S2. The number of aryl methyl sites for hydroxylation is 1. The Bertz CT molecular complexity index is 2620. The Hall–Kier alpha value is -5.38. The van der Waals surface area contributed by atoms with Crippen LogP contribution in [0.5, 0.6) is 5.75 Å². The lowest BCUT2D eigenvalue weighted by Gasteiger charge is -2.39. The number of anilines is 2. The summed E-state index contributed by atoms with van der Waals surface area (Å²) in [6.07, 6.45) is 6.26. The van der Waals surface area contributed by atoms with E-state index < -0.39 is 35.4 Å². The number of rotatable bonds is 18. The fourth-order valence-electron chi connectivity index (χ4n) is 9.15. The Balaban J connectivity index is 0.831. The van der Waals surface area contributed by atoms with Crippen LogP contribution in [0.1, 0.15) is 71.1 Å². The summed E-state index contributed by atoms with van der Waals surface area (Å²) >= 11 is 9.66. The van der Waals surface area contributed by atoms with E-state index in [1.165, 1.54) is 32.9 Å². The number of amides is 5. The second-order valence-corrected chi connectivity index (χ2v) is 23.0. The molecule has 3 atom stereocenters. The molecule has 5 heterocycles. The lowest BCUT2D eigenvalue weighted by Crippen LogP contribution is -2.58. The topological polar surface area (TPSA) is 229 Å². The number of aliphatic hydroxyl groups excluding tert-OH is 1. The molecule has 0 unspecified atom stereocenters. The van der Waals surface area contributed by atoms with E-state index in [-0.39, 0.29) is 68.3 Å². The lowest BCUT2D eigenvalue weighted by atomic mass is 9.80. The number of aliphatic hydroxyl groups is 1. The van der Waals surface area contributed by atoms with E-state index >= 15 is 0 Å². The maximum atomic E-state index is 14.0. The number of piperazine rings is 1. The van der Waals surface area contributed by atoms with Gasteiger partial charge in [-0.05, 0) is 73.7 Å². The quantitative estimate of drug-likeness (QED) is 0.0888. The normalized spacial score (nSPS) is 19.8. The van der Waals surface area contributed by atoms with Crippen molar-refractivity contribution >= 4 is 75.7 Å². The molecule has 4 aromatic rings. The van der Waals surface area contributed by atoms with Gasteiger partial charge in [-0.15, -0.1) is 11.3 Å². The van der Waals surface area contributed by atoms with E-state index in [0.717, 1.165) is 60.7 Å². The number of benzene rings is 2. The number of ether oxygens (including phenoxy) is 1. The van der Waals surface area contributed by atoms with Gasteiger partial charge in [0.05, 0.1) is 58.4 Å². The molecule has 5 amide bonds. The molecule has 386 valence electrons. The minimum atomic E-state index is -0.931. The van der Waals surface area contributed by atoms with E-state index in [1.807, 2.05) is 56.9 Å². The number of hydrogen-bond donors (Lipinski definition) is 5. The van der Waals surface area contributed by atoms with E-state index in [1.54, 1.807) is 30.0 Å². The number of thiazole rings is 1. The van der Waals surface area contributed by atoms with E-state index in [2.05, 4.69) is 42.7 Å². The highest BCUT2D eigenvalue weighted by Gasteiger charge is 2.45. The van der Waals surface area contributed by atoms with E-state index in [4.69, 9.17) is 22.1 Å². The van der Waals surface area contributed by atoms with Gasteiger partial charge in [0.15, 0.2) is 0 Å². The molecule has 0 bridgehead atoms. The zero-order valence-corrected chi connectivity index (χ0v) is 44.0. The molecule has 0 spiro atoms. The highest BCUT2D eigenvalue weighted by Crippen LogP contribution is 2.38. The van der Waals surface area contributed by atoms with Gasteiger partial charge >= 0.3 is 0 Å². The van der Waals surface area contributed by atoms with Crippen molar-refractivity contribution in [2.75, 3.05) is 75.7 Å². The lowest BCUT2D eigenvalue weighted by molar-refractivity contribution is -0.144. The van der Waals surface area contributed by atoms with Crippen LogP contribution in [0.25, 0.3) is 10.4 Å². The SMILES string of the molecule is Cc1ncsc1-c1ccc(CNC(=O)[C@@H]2C[C@@H](O)CN2C(=O)[C@@H](NC(=O)C2CC2)C(C)(C)C)c(OCCN2CCN(CC(=O)Nc3cccc(Sc4cnc(N5CCC(C)(CN)CC5)cn4)c3Cl)C(=O)C2)c1. The zero-order valence-electron chi connectivity index (χ0n) is 41.6. The number of β-amino-alcohol motifs (C(OH)–C–C–N with tert-alkyl or cyclic N) is 1. The van der Waals surface area contributed by atoms with Crippen molar-refractivity contribution in [2.45, 2.75) is 101 Å². The highest BCUT2D eigenvalue weighted by atomic mass is 35.5. The minimum absolute atomic E-state index is 0.0179. The van der Waals surface area contributed by atoms with Crippen LogP contribution in [0.3, 0.4) is 0 Å². The predicted molar refractivity (Wildman–Crippen MR) is 278 cm³/mol. The van der Waals surface area contributed by atoms with Crippen molar-refractivity contribution in [3.8, 4) is 16.2 Å². The molecule has 4 fully saturated rings. The maximum absolute atomic E-state index is 14.0. The zero-order chi connectivity index (χ0) is 51.3. The maximum Gasteiger partial charge on any atom is 0.246 e. The number of hydrogen-bond acceptors (Lipinski definition) is 15. The summed E-state index contributed by atoms with van der Waals surface area (Å²) in [7, 11) is 0. The van der Waals surface area contributed by atoms with E-state index in [9.17, 15) is 29.1 Å². The van der Waals surface area contributed by atoms with Crippen LogP contribution in [0, 0.1) is 23.7 Å². The van der Waals surface area contributed by atoms with Gasteiger partial charge < -0.3 is 46.2 Å². The van der Waals surface area contributed by atoms with Crippen molar-refractivity contribution < 1.29 is 33.8 Å². The number of nitrogens with two attached hydrogens (primary N) is 1. The summed E-state index contributed by atoms with van der Waals surface area (Å²) < 4.78 is 6.40. The smallest absolute Gasteiger partial charge is 0.246 e. The molecule has 2 aromatic heterocycles. The van der Waals surface area contributed by atoms with Crippen LogP contribution in [0.2, 0.25) is 5.02 Å². The van der Waals surface area contributed by atoms with Crippen molar-refractivity contribution in [1.29, 1.82) is 0 Å². The number of aromatic nitrogens is 3. The van der Waals surface area contributed by atoms with Gasteiger partial charge in [-0.2, -0.15) is 0 Å². The van der Waals surface area contributed by atoms with Gasteiger partial charge in [0, 0.05) is 68.6 Å². The highest BCUT2D eigenvalue weighted by molar-refractivity contribution is 7.99. The summed E-state index contributed by atoms with van der Waals surface area (Å²) in [6.45, 7) is 13.7. The third-order valence-electron chi connectivity index (χ3n) is 14.0. The van der Waals surface area contributed by atoms with Crippen LogP contribution < -0.4 is 31.3 Å². The first-order chi connectivity index (χ1) is 34.4. The fourth-order valence-corrected chi connectivity index (χ4v) is 11.0. The Kier molecular flexibility index (Phi) is 16.8. The third-order valence-corrected chi connectivity index (χ3v) is 16.5. The molecular weight excluding hydrogens is 978 g/mol. The van der Waals surface area contributed by atoms with Crippen molar-refractivity contribution in [1.82, 2.24) is 40.3 Å². The summed E-state index contributed by atoms with van der Waals surface area (Å²) in [6, 6.07) is 9.32. The number of halogens is 1. The second-order valence-electron chi connectivity index (χ2n) is 20.7. The van der Waals surface area contributed by atoms with Crippen LogP contribution in [-0.4, -0.2) is 148 Å². The number of carbonyl (C=O) groups is 5. The molecule has 0 radical (unpaired) electrons. The second kappa shape index (κ2) is 22.8. The molecule has 6 N–H and O–H groups in total. The minimum Gasteiger partial charge on any atom is -0.492 e. The van der Waals surface area contributed by atoms with Gasteiger partial charge in [-0.3, -0.25) is 28.9 Å². The Labute approximate surface area is 434 Å². The molecule has 72 heavy (non-hydrogen) atoms. The Morgan fingerprint density at radius 2 is 1.82 bits per heavy atom. The summed E-state index contributed by atoms with van der Waals surface area (Å²) in [5.74, 6) is -0.291. The fraction of sp³-hybridized carbons (Fsp3) is 0.529. The summed E-state index contributed by atoms with van der Waals surface area (Å²) in [4.78, 5) is 89.9. The van der Waals surface area contributed by atoms with Gasteiger partial charge in [0.1, 0.15) is 35.3 Å². The van der Waals surface area contributed by atoms with E-state index in [0.29, 0.717) is 58.1 Å². The molecule has 3 aliphatic heterocycles. The molecule has 3 saturated heterocycles. The van der Waals surface area contributed by atoms with Crippen LogP contribution in [0.15, 0.2) is 64.2 Å². The van der Waals surface area contributed by atoms with Crippen molar-refractivity contribution in [3.05, 3.63) is 70.6 Å². The van der Waals surface area contributed by atoms with Crippen LogP contribution >= 0.6 is 34.7 Å². The van der Waals surface area contributed by atoms with Gasteiger partial charge in [0.25, 0.3) is 0 Å². The molecule has 8 rings (SSSR count). The number of carbonyl (C=O) groups excluding carboxylic acids is 5. The van der Waals surface area contributed by atoms with Gasteiger partial charge in [-0.1, -0.05) is 69.3 Å². The summed E-state index contributed by atoms with van der Waals surface area (Å²) in [5, 5.41) is 20.5. The molecule has 21 heteroatoms. The predicted octanol–water partition coefficient (Wildman–Crippen LogP) is 4.96. The molecule has 1 saturated carbocycles. The Morgan fingerprint density at radius 1 is 1.04 bits per heavy atom. The number of piperidine rings is 1. The molecule has 2 aromatic carbocycles. The number of likely N-dealkylation sites (tertiary alicyclic amines) is 1. The average Bonchev–Trinajstić information content (AvgIpc) is 4.01. The Morgan fingerprint density at radius 3 is 2.49 bits per heavy atom. The first-order valence-corrected chi connectivity index (χ1v) is 26.7. The first kappa shape index (κ1) is 52.9. The van der Waals surface area contributed by atoms with Crippen molar-refractivity contribution in [3.63, 3.8) is 0 Å². The monoisotopic (exact) mass is 1040 g/mol. The molecule has 1 aliphatic carbocycles. The molecule has 4 aliphatic rings. The average molecular weight is 1040 g/mol. The van der Waals surface area contributed by atoms with Crippen LogP contribution in [-0.2, 0) is 30.5 Å². The number of nitrogens with zero attached hydrogens (tertiary/aromatic N) is 7. The van der Waals surface area contributed by atoms with Gasteiger partial charge in [0.2, 0.25) is 29.5 Å². The summed E-state index contributed by atoms with van der Waals surface area (Å²) in [5.41, 5.74) is 10.2. The largest absolute Gasteiger partial charge is 0.492 e. The standard InChI is InChI=1S/C51H66ClN11O7S2/c1-31-45(71-30-57-31)33-11-12-34(23-56-48(68)37-22-35(64)26-63(37)49(69)46(50(2,3)4)59-47(67)32-9-10-32)38(21-33)70-20-19-60-17-18-62(43(66)28-60)27-41(65)58-36-7-6-8-39(44(36)52)72-42-25-54-40(24-55-42)61-15-13-51(5,29-53)14-16-61/h6-8,11-12,21,24-25,30,32,35,37,46,64H,9-10,13-20,22-23,26-29,53H2,1-5H3,(H,56,68)(H,58,65)(H,59,67)/t35-,37+,46-/m1/s1. The third kappa shape index (κ3) is 13.0. The van der Waals surface area contributed by atoms with Crippen molar-refractivity contribution in [2.24, 2.45) is 22.5 Å².